The third-order valence-corrected chi connectivity index (χ3v) is 2.28. The molecule has 1 aromatic heterocycles. The van der Waals surface area contributed by atoms with Gasteiger partial charge in [-0.2, -0.15) is 0 Å². The van der Waals surface area contributed by atoms with Gasteiger partial charge in [0.05, 0.1) is 0 Å². The molecule has 14 heavy (non-hydrogen) atoms. The molecule has 1 aromatic rings. The zero-order chi connectivity index (χ0) is 10.6. The summed E-state index contributed by atoms with van der Waals surface area (Å²) in [5.74, 6) is 1.52. The van der Waals surface area contributed by atoms with Gasteiger partial charge in [-0.05, 0) is 37.1 Å². The van der Waals surface area contributed by atoms with Gasteiger partial charge in [-0.15, -0.1) is 0 Å². The maximum Gasteiger partial charge on any atom is 0.128 e. The monoisotopic (exact) mass is 193 g/mol. The Bertz CT molecular complexity index is 286. The second kappa shape index (κ2) is 4.96. The van der Waals surface area contributed by atoms with E-state index in [1.165, 1.54) is 5.56 Å². The fraction of sp³-hybridized carbons (Fsp3) is 0.545. The Morgan fingerprint density at radius 2 is 2.29 bits per heavy atom. The highest BCUT2D eigenvalue weighted by Gasteiger charge is 2.06. The zero-order valence-corrected chi connectivity index (χ0v) is 9.20. The standard InChI is InChI=1S/C11H19N3/c1-9-4-5-13-11(6-9)14(3)8-10(2)7-12/h4-6,10H,7-8,12H2,1-3H3. The van der Waals surface area contributed by atoms with E-state index in [2.05, 4.69) is 29.8 Å². The molecule has 3 heteroatoms. The van der Waals surface area contributed by atoms with Crippen LogP contribution in [0.25, 0.3) is 0 Å². The lowest BCUT2D eigenvalue weighted by Crippen LogP contribution is -2.28. The van der Waals surface area contributed by atoms with E-state index in [-0.39, 0.29) is 0 Å². The van der Waals surface area contributed by atoms with Crippen LogP contribution < -0.4 is 10.6 Å². The van der Waals surface area contributed by atoms with Gasteiger partial charge in [0.1, 0.15) is 5.82 Å². The van der Waals surface area contributed by atoms with E-state index in [0.29, 0.717) is 5.92 Å². The second-order valence-corrected chi connectivity index (χ2v) is 3.91. The number of rotatable bonds is 4. The van der Waals surface area contributed by atoms with E-state index in [1.54, 1.807) is 0 Å². The molecule has 0 fully saturated rings. The highest BCUT2D eigenvalue weighted by molar-refractivity contribution is 5.39. The number of hydrogen-bond donors (Lipinski definition) is 1. The summed E-state index contributed by atoms with van der Waals surface area (Å²) in [4.78, 5) is 6.46. The van der Waals surface area contributed by atoms with Crippen molar-refractivity contribution >= 4 is 5.82 Å². The average Bonchev–Trinajstić information content (AvgIpc) is 2.17. The molecule has 3 nitrogen and oxygen atoms in total. The lowest BCUT2D eigenvalue weighted by atomic mass is 10.2. The highest BCUT2D eigenvalue weighted by atomic mass is 15.2. The predicted molar refractivity (Wildman–Crippen MR) is 60.5 cm³/mol. The Hall–Kier alpha value is -1.09. The molecule has 0 saturated carbocycles. The largest absolute Gasteiger partial charge is 0.359 e. The molecule has 78 valence electrons. The van der Waals surface area contributed by atoms with Crippen LogP contribution in [-0.2, 0) is 0 Å². The van der Waals surface area contributed by atoms with E-state index < -0.39 is 0 Å². The van der Waals surface area contributed by atoms with Gasteiger partial charge in [0.15, 0.2) is 0 Å². The fourth-order valence-corrected chi connectivity index (χ4v) is 1.36. The summed E-state index contributed by atoms with van der Waals surface area (Å²) in [5.41, 5.74) is 6.82. The lowest BCUT2D eigenvalue weighted by Gasteiger charge is -2.21. The zero-order valence-electron chi connectivity index (χ0n) is 9.20. The maximum atomic E-state index is 5.58. The Morgan fingerprint density at radius 3 is 2.86 bits per heavy atom. The van der Waals surface area contributed by atoms with Crippen LogP contribution in [-0.4, -0.2) is 25.1 Å². The molecule has 2 N–H and O–H groups in total. The predicted octanol–water partition coefficient (Wildman–Crippen LogP) is 1.42. The quantitative estimate of drug-likeness (QED) is 0.786. The first kappa shape index (κ1) is 11.0. The van der Waals surface area contributed by atoms with Crippen LogP contribution in [0.2, 0.25) is 0 Å². The summed E-state index contributed by atoms with van der Waals surface area (Å²) in [6.45, 7) is 5.89. The molecule has 0 saturated heterocycles. The summed E-state index contributed by atoms with van der Waals surface area (Å²) in [7, 11) is 2.05. The van der Waals surface area contributed by atoms with Crippen molar-refractivity contribution < 1.29 is 0 Å². The minimum absolute atomic E-state index is 0.502. The molecule has 1 atom stereocenters. The molecular weight excluding hydrogens is 174 g/mol. The number of aromatic nitrogens is 1. The molecule has 1 rings (SSSR count). The van der Waals surface area contributed by atoms with Crippen molar-refractivity contribution in [2.24, 2.45) is 11.7 Å². The van der Waals surface area contributed by atoms with Crippen molar-refractivity contribution in [1.82, 2.24) is 4.98 Å². The van der Waals surface area contributed by atoms with Crippen molar-refractivity contribution in [3.8, 4) is 0 Å². The van der Waals surface area contributed by atoms with Crippen LogP contribution in [0, 0.1) is 12.8 Å². The van der Waals surface area contributed by atoms with Gasteiger partial charge in [0.2, 0.25) is 0 Å². The van der Waals surface area contributed by atoms with Crippen molar-refractivity contribution in [3.63, 3.8) is 0 Å². The van der Waals surface area contributed by atoms with Crippen molar-refractivity contribution in [2.45, 2.75) is 13.8 Å². The highest BCUT2D eigenvalue weighted by Crippen LogP contribution is 2.11. The van der Waals surface area contributed by atoms with Gasteiger partial charge in [0.25, 0.3) is 0 Å². The number of anilines is 1. The van der Waals surface area contributed by atoms with E-state index in [9.17, 15) is 0 Å². The Balaban J connectivity index is 2.64. The molecule has 1 unspecified atom stereocenters. The molecule has 0 spiro atoms. The number of nitrogens with two attached hydrogens (primary N) is 1. The normalized spacial score (nSPS) is 12.6. The van der Waals surface area contributed by atoms with E-state index in [1.807, 2.05) is 19.3 Å². The first-order valence-corrected chi connectivity index (χ1v) is 4.97. The van der Waals surface area contributed by atoms with Crippen molar-refractivity contribution in [3.05, 3.63) is 23.9 Å². The number of aryl methyl sites for hydroxylation is 1. The van der Waals surface area contributed by atoms with E-state index >= 15 is 0 Å². The molecule has 0 bridgehead atoms. The van der Waals surface area contributed by atoms with Crippen LogP contribution in [0.3, 0.4) is 0 Å². The van der Waals surface area contributed by atoms with Crippen LogP contribution >= 0.6 is 0 Å². The topological polar surface area (TPSA) is 42.2 Å². The van der Waals surface area contributed by atoms with Crippen LogP contribution in [0.15, 0.2) is 18.3 Å². The van der Waals surface area contributed by atoms with Gasteiger partial charge in [-0.3, -0.25) is 0 Å². The lowest BCUT2D eigenvalue weighted by molar-refractivity contribution is 0.587. The fourth-order valence-electron chi connectivity index (χ4n) is 1.36. The molecule has 1 heterocycles. The molecule has 0 aliphatic carbocycles. The van der Waals surface area contributed by atoms with Crippen molar-refractivity contribution in [2.75, 3.05) is 25.0 Å². The SMILES string of the molecule is Cc1ccnc(N(C)CC(C)CN)c1. The molecule has 0 amide bonds. The smallest absolute Gasteiger partial charge is 0.128 e. The Labute approximate surface area is 85.9 Å². The van der Waals surface area contributed by atoms with Crippen LogP contribution in [0.4, 0.5) is 5.82 Å². The molecule has 0 aromatic carbocycles. The minimum Gasteiger partial charge on any atom is -0.359 e. The second-order valence-electron chi connectivity index (χ2n) is 3.91. The molecule has 0 radical (unpaired) electrons. The molecule has 0 aliphatic rings. The van der Waals surface area contributed by atoms with E-state index in [0.717, 1.165) is 18.9 Å². The summed E-state index contributed by atoms with van der Waals surface area (Å²) >= 11 is 0. The van der Waals surface area contributed by atoms with E-state index in [4.69, 9.17) is 5.73 Å². The third-order valence-electron chi connectivity index (χ3n) is 2.28. The first-order valence-electron chi connectivity index (χ1n) is 4.97. The Kier molecular flexibility index (Phi) is 3.89. The van der Waals surface area contributed by atoms with Gasteiger partial charge in [0, 0.05) is 19.8 Å². The molecular formula is C11H19N3. The Morgan fingerprint density at radius 1 is 1.57 bits per heavy atom. The third kappa shape index (κ3) is 3.00. The van der Waals surface area contributed by atoms with Gasteiger partial charge < -0.3 is 10.6 Å². The van der Waals surface area contributed by atoms with Crippen molar-refractivity contribution in [1.29, 1.82) is 0 Å². The summed E-state index contributed by atoms with van der Waals surface area (Å²) < 4.78 is 0. The molecule has 0 aliphatic heterocycles. The van der Waals surface area contributed by atoms with Gasteiger partial charge in [-0.25, -0.2) is 4.98 Å². The summed E-state index contributed by atoms with van der Waals surface area (Å²) in [6, 6.07) is 4.09. The maximum absolute atomic E-state index is 5.58. The first-order chi connectivity index (χ1) is 6.63. The summed E-state index contributed by atoms with van der Waals surface area (Å²) in [6.07, 6.45) is 1.84. The van der Waals surface area contributed by atoms with Crippen LogP contribution in [0.5, 0.6) is 0 Å². The minimum atomic E-state index is 0.502. The summed E-state index contributed by atoms with van der Waals surface area (Å²) in [5, 5.41) is 0. The van der Waals surface area contributed by atoms with Gasteiger partial charge >= 0.3 is 0 Å². The van der Waals surface area contributed by atoms with Gasteiger partial charge in [-0.1, -0.05) is 6.92 Å². The van der Waals surface area contributed by atoms with Crippen LogP contribution in [0.1, 0.15) is 12.5 Å². The average molecular weight is 193 g/mol. The number of hydrogen-bond acceptors (Lipinski definition) is 3. The number of nitrogens with zero attached hydrogens (tertiary/aromatic N) is 2. The number of pyridine rings is 1.